The lowest BCUT2D eigenvalue weighted by Gasteiger charge is -2.41. The molecule has 0 aromatic heterocycles. The molecule has 224 valence electrons. The molecule has 0 fully saturated rings. The van der Waals surface area contributed by atoms with E-state index in [0.717, 1.165) is 19.3 Å². The van der Waals surface area contributed by atoms with Crippen LogP contribution in [0.25, 0.3) is 0 Å². The monoisotopic (exact) mass is 576 g/mol. The third kappa shape index (κ3) is 6.18. The van der Waals surface area contributed by atoms with Gasteiger partial charge >= 0.3 is 0 Å². The second-order valence-electron chi connectivity index (χ2n) is 15.9. The lowest BCUT2D eigenvalue weighted by Crippen LogP contribution is -2.69. The first kappa shape index (κ1) is 32.3. The Morgan fingerprint density at radius 3 is 1.40 bits per heavy atom. The van der Waals surface area contributed by atoms with E-state index in [-0.39, 0.29) is 16.2 Å². The summed E-state index contributed by atoms with van der Waals surface area (Å²) < 4.78 is 0. The van der Waals surface area contributed by atoms with Gasteiger partial charge in [-0.05, 0) is 97.9 Å². The Hall–Kier alpha value is -2.64. The highest BCUT2D eigenvalue weighted by Gasteiger charge is 2.48. The summed E-state index contributed by atoms with van der Waals surface area (Å²) in [7, 11) is -2.75. The normalized spacial score (nSPS) is 15.8. The molecule has 0 aliphatic heterocycles. The minimum atomic E-state index is -2.75. The van der Waals surface area contributed by atoms with Crippen molar-refractivity contribution in [3.8, 4) is 0 Å². The van der Waals surface area contributed by atoms with Crippen molar-refractivity contribution in [1.82, 2.24) is 0 Å². The molecule has 0 bridgehead atoms. The van der Waals surface area contributed by atoms with Gasteiger partial charge in [-0.25, -0.2) is 0 Å². The standard InChI is InChI=1S/C41H56Si/c1-14-30-22-31(15-2)24-35(23-30)42(34-20-28(3)19-29(4)21-34,38-18-16-17-37(38)41(11,12)13)36-26-32(39(5,6)7)25-33(27-36)40(8,9)10/h17-27H,14-16H2,1-13H3. The number of benzene rings is 3. The van der Waals surface area contributed by atoms with E-state index in [9.17, 15) is 0 Å². The second kappa shape index (κ2) is 11.5. The van der Waals surface area contributed by atoms with Gasteiger partial charge in [-0.3, -0.25) is 0 Å². The van der Waals surface area contributed by atoms with Gasteiger partial charge in [-0.15, -0.1) is 0 Å². The van der Waals surface area contributed by atoms with Crippen LogP contribution >= 0.6 is 0 Å². The molecule has 4 rings (SSSR count). The molecule has 3 aromatic carbocycles. The van der Waals surface area contributed by atoms with Gasteiger partial charge in [0.15, 0.2) is 8.07 Å². The molecule has 1 aliphatic rings. The van der Waals surface area contributed by atoms with Gasteiger partial charge in [0.05, 0.1) is 0 Å². The molecule has 42 heavy (non-hydrogen) atoms. The third-order valence-corrected chi connectivity index (χ3v) is 13.9. The zero-order chi connectivity index (χ0) is 31.3. The zero-order valence-electron chi connectivity index (χ0n) is 29.0. The molecule has 1 aliphatic carbocycles. The minimum absolute atomic E-state index is 0.0469. The summed E-state index contributed by atoms with van der Waals surface area (Å²) in [6.45, 7) is 30.7. The van der Waals surface area contributed by atoms with Crippen LogP contribution in [0, 0.1) is 19.3 Å². The number of aryl methyl sites for hydroxylation is 4. The van der Waals surface area contributed by atoms with E-state index >= 15 is 0 Å². The van der Waals surface area contributed by atoms with Crippen LogP contribution in [0.4, 0.5) is 0 Å². The molecule has 3 aromatic rings. The van der Waals surface area contributed by atoms with Crippen LogP contribution in [0.5, 0.6) is 0 Å². The van der Waals surface area contributed by atoms with Crippen LogP contribution in [-0.2, 0) is 23.7 Å². The van der Waals surface area contributed by atoms with Gasteiger partial charge in [0.1, 0.15) is 0 Å². The Morgan fingerprint density at radius 2 is 0.976 bits per heavy atom. The van der Waals surface area contributed by atoms with Crippen molar-refractivity contribution in [3.63, 3.8) is 0 Å². The van der Waals surface area contributed by atoms with Gasteiger partial charge in [-0.1, -0.05) is 154 Å². The lowest BCUT2D eigenvalue weighted by atomic mass is 9.81. The van der Waals surface area contributed by atoms with Crippen LogP contribution in [-0.4, -0.2) is 8.07 Å². The smallest absolute Gasteiger partial charge is 0.0801 e. The van der Waals surface area contributed by atoms with Crippen LogP contribution in [0.1, 0.15) is 116 Å². The quantitative estimate of drug-likeness (QED) is 0.203. The van der Waals surface area contributed by atoms with Crippen LogP contribution < -0.4 is 15.6 Å². The summed E-state index contributed by atoms with van der Waals surface area (Å²) in [5.41, 5.74) is 10.2. The summed E-state index contributed by atoms with van der Waals surface area (Å²) >= 11 is 0. The Balaban J connectivity index is 2.33. The van der Waals surface area contributed by atoms with E-state index in [1.54, 1.807) is 5.20 Å². The zero-order valence-corrected chi connectivity index (χ0v) is 30.0. The largest absolute Gasteiger partial charge is 0.179 e. The topological polar surface area (TPSA) is 0 Å². The van der Waals surface area contributed by atoms with Crippen molar-refractivity contribution in [3.05, 3.63) is 111 Å². The first-order valence-corrected chi connectivity index (χ1v) is 18.2. The second-order valence-corrected chi connectivity index (χ2v) is 19.7. The molecule has 0 amide bonds. The van der Waals surface area contributed by atoms with E-state index < -0.39 is 8.07 Å². The summed E-state index contributed by atoms with van der Waals surface area (Å²) in [5, 5.41) is 6.19. The number of hydrogen-bond donors (Lipinski definition) is 0. The van der Waals surface area contributed by atoms with Gasteiger partial charge in [-0.2, -0.15) is 0 Å². The van der Waals surface area contributed by atoms with Crippen molar-refractivity contribution in [2.45, 2.75) is 120 Å². The molecular formula is C41H56Si. The SMILES string of the molecule is CCc1cc(CC)cc([Si](C2=CCC=C2C(C)(C)C)(c2cc(C)cc(C)c2)c2cc(C(C)(C)C)cc(C(C)(C)C)c2)c1. The van der Waals surface area contributed by atoms with Crippen LogP contribution in [0.2, 0.25) is 0 Å². The Morgan fingerprint density at radius 1 is 0.524 bits per heavy atom. The molecule has 0 N–H and O–H groups in total. The molecule has 1 heteroatoms. The van der Waals surface area contributed by atoms with E-state index in [4.69, 9.17) is 0 Å². The Labute approximate surface area is 259 Å². The summed E-state index contributed by atoms with van der Waals surface area (Å²) in [6.07, 6.45) is 8.25. The fourth-order valence-corrected chi connectivity index (χ4v) is 12.5. The molecule has 0 saturated heterocycles. The van der Waals surface area contributed by atoms with Gasteiger partial charge in [0, 0.05) is 0 Å². The van der Waals surface area contributed by atoms with E-state index in [1.807, 2.05) is 0 Å². The van der Waals surface area contributed by atoms with Crippen molar-refractivity contribution < 1.29 is 0 Å². The van der Waals surface area contributed by atoms with Gasteiger partial charge in [0.2, 0.25) is 0 Å². The van der Waals surface area contributed by atoms with Crippen molar-refractivity contribution in [1.29, 1.82) is 0 Å². The number of rotatable bonds is 6. The highest BCUT2D eigenvalue weighted by Crippen LogP contribution is 2.41. The van der Waals surface area contributed by atoms with E-state index in [0.29, 0.717) is 0 Å². The molecule has 1 atom stereocenters. The van der Waals surface area contributed by atoms with Gasteiger partial charge < -0.3 is 0 Å². The fourth-order valence-electron chi connectivity index (χ4n) is 6.84. The minimum Gasteiger partial charge on any atom is -0.0801 e. The lowest BCUT2D eigenvalue weighted by molar-refractivity contribution is 0.515. The van der Waals surface area contributed by atoms with Gasteiger partial charge in [0.25, 0.3) is 0 Å². The highest BCUT2D eigenvalue weighted by molar-refractivity contribution is 7.16. The highest BCUT2D eigenvalue weighted by atomic mass is 28.3. The first-order valence-electron chi connectivity index (χ1n) is 16.2. The van der Waals surface area contributed by atoms with Crippen LogP contribution in [0.15, 0.2) is 77.5 Å². The maximum Gasteiger partial charge on any atom is 0.179 e. The molecule has 0 spiro atoms. The maximum absolute atomic E-state index is 2.75. The average Bonchev–Trinajstić information content (AvgIpc) is 3.38. The molecule has 0 saturated carbocycles. The summed E-state index contributed by atoms with van der Waals surface area (Å²) in [4.78, 5) is 0. The molecular weight excluding hydrogens is 521 g/mol. The summed E-state index contributed by atoms with van der Waals surface area (Å²) in [6, 6.07) is 22.7. The van der Waals surface area contributed by atoms with E-state index in [1.165, 1.54) is 54.5 Å². The average molecular weight is 577 g/mol. The van der Waals surface area contributed by atoms with Crippen LogP contribution in [0.3, 0.4) is 0 Å². The number of hydrogen-bond acceptors (Lipinski definition) is 0. The predicted molar refractivity (Wildman–Crippen MR) is 190 cm³/mol. The van der Waals surface area contributed by atoms with Crippen molar-refractivity contribution in [2.75, 3.05) is 0 Å². The molecule has 0 radical (unpaired) electrons. The van der Waals surface area contributed by atoms with Crippen molar-refractivity contribution in [2.24, 2.45) is 5.41 Å². The third-order valence-electron chi connectivity index (χ3n) is 9.20. The fraction of sp³-hybridized carbons (Fsp3) is 0.463. The van der Waals surface area contributed by atoms with E-state index in [2.05, 4.69) is 157 Å². The molecule has 0 heterocycles. The molecule has 0 nitrogen and oxygen atoms in total. The Bertz CT molecular complexity index is 1450. The first-order chi connectivity index (χ1) is 19.4. The maximum atomic E-state index is 2.61. The predicted octanol–water partition coefficient (Wildman–Crippen LogP) is 9.34. The number of allylic oxidation sites excluding steroid dienone is 4. The molecule has 1 unspecified atom stereocenters. The summed E-state index contributed by atoms with van der Waals surface area (Å²) in [5.74, 6) is 0. The Kier molecular flexibility index (Phi) is 8.80. The van der Waals surface area contributed by atoms with Crippen molar-refractivity contribution >= 4 is 23.6 Å².